The number of phenols is 1. The molecule has 1 heterocycles. The van der Waals surface area contributed by atoms with Gasteiger partial charge in [-0.05, 0) is 18.2 Å². The van der Waals surface area contributed by atoms with Crippen LogP contribution in [0.3, 0.4) is 0 Å². The number of ether oxygens (including phenoxy) is 1. The molecule has 0 bridgehead atoms. The van der Waals surface area contributed by atoms with Crippen molar-refractivity contribution >= 4 is 5.97 Å². The Labute approximate surface area is 96.0 Å². The summed E-state index contributed by atoms with van der Waals surface area (Å²) in [5.74, 6) is -0.813. The molecule has 0 aliphatic heterocycles. The van der Waals surface area contributed by atoms with Gasteiger partial charge >= 0.3 is 5.97 Å². The van der Waals surface area contributed by atoms with Gasteiger partial charge in [0.15, 0.2) is 17.3 Å². The first kappa shape index (κ1) is 11.0. The zero-order valence-electron chi connectivity index (χ0n) is 8.88. The second kappa shape index (κ2) is 4.17. The van der Waals surface area contributed by atoms with E-state index in [4.69, 9.17) is 14.4 Å². The largest absolute Gasteiger partial charge is 0.504 e. The molecule has 2 rings (SSSR count). The monoisotopic (exact) mass is 235 g/mol. The van der Waals surface area contributed by atoms with E-state index in [1.165, 1.54) is 25.3 Å². The topological polar surface area (TPSA) is 92.8 Å². The standard InChI is InChI=1S/C11H9NO5/c1-16-9-4-6(2-3-8(9)13)10-7(11(14)15)5-12-17-10/h2-5,13H,1H3,(H,14,15). The van der Waals surface area contributed by atoms with Crippen molar-refractivity contribution in [3.05, 3.63) is 30.0 Å². The van der Waals surface area contributed by atoms with Crippen LogP contribution < -0.4 is 4.74 Å². The highest BCUT2D eigenvalue weighted by Gasteiger charge is 2.18. The molecular formula is C11H9NO5. The number of aromatic nitrogens is 1. The molecule has 0 radical (unpaired) electrons. The van der Waals surface area contributed by atoms with Crippen LogP contribution >= 0.6 is 0 Å². The number of phenolic OH excluding ortho intramolecular Hbond substituents is 1. The third-order valence-corrected chi connectivity index (χ3v) is 2.24. The van der Waals surface area contributed by atoms with Crippen molar-refractivity contribution in [2.75, 3.05) is 7.11 Å². The molecule has 0 aliphatic rings. The first-order valence-corrected chi connectivity index (χ1v) is 4.69. The number of nitrogens with zero attached hydrogens (tertiary/aromatic N) is 1. The van der Waals surface area contributed by atoms with Crippen molar-refractivity contribution in [1.29, 1.82) is 0 Å². The Kier molecular flexibility index (Phi) is 2.70. The number of benzene rings is 1. The molecule has 1 aromatic carbocycles. The minimum absolute atomic E-state index is 0.0346. The highest BCUT2D eigenvalue weighted by molar-refractivity contribution is 5.94. The first-order valence-electron chi connectivity index (χ1n) is 4.69. The lowest BCUT2D eigenvalue weighted by Crippen LogP contribution is -1.96. The van der Waals surface area contributed by atoms with Crippen molar-refractivity contribution in [2.45, 2.75) is 0 Å². The van der Waals surface area contributed by atoms with Gasteiger partial charge in [-0.25, -0.2) is 4.79 Å². The van der Waals surface area contributed by atoms with Gasteiger partial charge in [0, 0.05) is 5.56 Å². The van der Waals surface area contributed by atoms with Gasteiger partial charge in [0.2, 0.25) is 0 Å². The maximum Gasteiger partial charge on any atom is 0.341 e. The molecule has 1 aromatic heterocycles. The fraction of sp³-hybridized carbons (Fsp3) is 0.0909. The van der Waals surface area contributed by atoms with Crippen LogP contribution in [0.4, 0.5) is 0 Å². The van der Waals surface area contributed by atoms with Gasteiger partial charge in [-0.15, -0.1) is 0 Å². The van der Waals surface area contributed by atoms with Gasteiger partial charge in [0.1, 0.15) is 5.56 Å². The van der Waals surface area contributed by atoms with Crippen LogP contribution in [0.5, 0.6) is 11.5 Å². The lowest BCUT2D eigenvalue weighted by Gasteiger charge is -2.04. The molecule has 0 amide bonds. The summed E-state index contributed by atoms with van der Waals surface area (Å²) in [6.07, 6.45) is 1.12. The molecule has 6 nitrogen and oxygen atoms in total. The second-order valence-corrected chi connectivity index (χ2v) is 3.26. The maximum absolute atomic E-state index is 10.9. The summed E-state index contributed by atoms with van der Waals surface area (Å²) in [5, 5.41) is 21.8. The van der Waals surface area contributed by atoms with Crippen LogP contribution in [-0.2, 0) is 0 Å². The minimum atomic E-state index is -1.13. The summed E-state index contributed by atoms with van der Waals surface area (Å²) >= 11 is 0. The van der Waals surface area contributed by atoms with Crippen LogP contribution in [0.2, 0.25) is 0 Å². The van der Waals surface area contributed by atoms with E-state index in [0.717, 1.165) is 6.20 Å². The van der Waals surface area contributed by atoms with E-state index in [-0.39, 0.29) is 22.8 Å². The Bertz CT molecular complexity index is 561. The highest BCUT2D eigenvalue weighted by Crippen LogP contribution is 2.32. The van der Waals surface area contributed by atoms with Gasteiger partial charge in [-0.3, -0.25) is 0 Å². The number of aromatic hydroxyl groups is 1. The number of rotatable bonds is 3. The van der Waals surface area contributed by atoms with E-state index in [9.17, 15) is 9.90 Å². The van der Waals surface area contributed by atoms with Crippen LogP contribution in [0.15, 0.2) is 28.9 Å². The summed E-state index contributed by atoms with van der Waals surface area (Å²) < 4.78 is 9.81. The molecule has 0 saturated heterocycles. The van der Waals surface area contributed by atoms with Gasteiger partial charge in [-0.2, -0.15) is 0 Å². The smallest absolute Gasteiger partial charge is 0.341 e. The number of carboxylic acids is 1. The highest BCUT2D eigenvalue weighted by atomic mass is 16.5. The minimum Gasteiger partial charge on any atom is -0.504 e. The quantitative estimate of drug-likeness (QED) is 0.841. The third kappa shape index (κ3) is 1.92. The van der Waals surface area contributed by atoms with E-state index in [2.05, 4.69) is 5.16 Å². The van der Waals surface area contributed by atoms with E-state index in [1.54, 1.807) is 0 Å². The van der Waals surface area contributed by atoms with Gasteiger partial charge in [-0.1, -0.05) is 5.16 Å². The molecule has 88 valence electrons. The number of methoxy groups -OCH3 is 1. The summed E-state index contributed by atoms with van der Waals surface area (Å²) in [6.45, 7) is 0. The molecule has 2 aromatic rings. The van der Waals surface area contributed by atoms with Gasteiger partial charge in [0.05, 0.1) is 13.3 Å². The molecular weight excluding hydrogens is 226 g/mol. The van der Waals surface area contributed by atoms with Crippen molar-refractivity contribution in [3.63, 3.8) is 0 Å². The van der Waals surface area contributed by atoms with Crippen molar-refractivity contribution < 1.29 is 24.3 Å². The van der Waals surface area contributed by atoms with Gasteiger partial charge in [0.25, 0.3) is 0 Å². The molecule has 17 heavy (non-hydrogen) atoms. The molecule has 6 heteroatoms. The average Bonchev–Trinajstić information content (AvgIpc) is 2.78. The third-order valence-electron chi connectivity index (χ3n) is 2.24. The fourth-order valence-corrected chi connectivity index (χ4v) is 1.42. The molecule has 0 unspecified atom stereocenters. The Hall–Kier alpha value is -2.50. The second-order valence-electron chi connectivity index (χ2n) is 3.26. The number of aromatic carboxylic acids is 1. The SMILES string of the molecule is COc1cc(-c2oncc2C(=O)O)ccc1O. The predicted molar refractivity (Wildman–Crippen MR) is 57.1 cm³/mol. The molecule has 0 fully saturated rings. The molecule has 0 spiro atoms. The van der Waals surface area contributed by atoms with E-state index >= 15 is 0 Å². The summed E-state index contributed by atoms with van der Waals surface area (Å²) in [5.41, 5.74) is 0.423. The fourth-order valence-electron chi connectivity index (χ4n) is 1.42. The zero-order valence-corrected chi connectivity index (χ0v) is 8.88. The van der Waals surface area contributed by atoms with E-state index in [1.807, 2.05) is 0 Å². The average molecular weight is 235 g/mol. The summed E-state index contributed by atoms with van der Waals surface area (Å²) in [4.78, 5) is 10.9. The van der Waals surface area contributed by atoms with Crippen LogP contribution in [0.1, 0.15) is 10.4 Å². The Morgan fingerprint density at radius 1 is 1.47 bits per heavy atom. The lowest BCUT2D eigenvalue weighted by atomic mass is 10.1. The maximum atomic E-state index is 10.9. The van der Waals surface area contributed by atoms with Crippen LogP contribution in [0, 0.1) is 0 Å². The molecule has 0 atom stereocenters. The molecule has 2 N–H and O–H groups in total. The number of hydrogen-bond acceptors (Lipinski definition) is 5. The van der Waals surface area contributed by atoms with E-state index in [0.29, 0.717) is 5.56 Å². The number of carbonyl (C=O) groups is 1. The van der Waals surface area contributed by atoms with Gasteiger partial charge < -0.3 is 19.5 Å². The van der Waals surface area contributed by atoms with Crippen molar-refractivity contribution in [1.82, 2.24) is 5.16 Å². The van der Waals surface area contributed by atoms with Crippen molar-refractivity contribution in [3.8, 4) is 22.8 Å². The van der Waals surface area contributed by atoms with Crippen LogP contribution in [-0.4, -0.2) is 28.4 Å². The first-order chi connectivity index (χ1) is 8.13. The predicted octanol–water partition coefficient (Wildman–Crippen LogP) is 1.75. The Morgan fingerprint density at radius 2 is 2.24 bits per heavy atom. The lowest BCUT2D eigenvalue weighted by molar-refractivity contribution is 0.0697. The molecule has 0 saturated carbocycles. The molecule has 0 aliphatic carbocycles. The van der Waals surface area contributed by atoms with Crippen molar-refractivity contribution in [2.24, 2.45) is 0 Å². The number of carboxylic acid groups (broad SMARTS) is 1. The Balaban J connectivity index is 2.53. The zero-order chi connectivity index (χ0) is 12.4. The summed E-state index contributed by atoms with van der Waals surface area (Å²) in [6, 6.07) is 4.38. The van der Waals surface area contributed by atoms with Crippen LogP contribution in [0.25, 0.3) is 11.3 Å². The normalized spacial score (nSPS) is 10.2. The summed E-state index contributed by atoms with van der Waals surface area (Å²) in [7, 11) is 1.40. The Morgan fingerprint density at radius 3 is 2.88 bits per heavy atom. The number of hydrogen-bond donors (Lipinski definition) is 2. The van der Waals surface area contributed by atoms with E-state index < -0.39 is 5.97 Å².